The lowest BCUT2D eigenvalue weighted by molar-refractivity contribution is -0.660. The quantitative estimate of drug-likeness (QED) is 0.728. The van der Waals surface area contributed by atoms with E-state index in [1.54, 1.807) is 0 Å². The second kappa shape index (κ2) is 7.99. The van der Waals surface area contributed by atoms with Crippen LogP contribution in [-0.2, 0) is 13.6 Å². The maximum absolute atomic E-state index is 6.01. The summed E-state index contributed by atoms with van der Waals surface area (Å²) in [7, 11) is 2.07. The van der Waals surface area contributed by atoms with E-state index in [4.69, 9.17) is 10.7 Å². The Labute approximate surface area is 161 Å². The molecule has 4 nitrogen and oxygen atoms in total. The van der Waals surface area contributed by atoms with Crippen LogP contribution in [0.5, 0.6) is 0 Å². The van der Waals surface area contributed by atoms with E-state index < -0.39 is 0 Å². The van der Waals surface area contributed by atoms with Gasteiger partial charge in [-0.2, -0.15) is 4.57 Å². The van der Waals surface area contributed by atoms with Crippen LogP contribution in [0.25, 0.3) is 22.5 Å². The first-order chi connectivity index (χ1) is 13.2. The second-order valence-corrected chi connectivity index (χ2v) is 7.41. The molecule has 0 spiro atoms. The third-order valence-corrected chi connectivity index (χ3v) is 5.38. The fourth-order valence-corrected chi connectivity index (χ4v) is 3.80. The van der Waals surface area contributed by atoms with Gasteiger partial charge in [0.05, 0.1) is 6.20 Å². The summed E-state index contributed by atoms with van der Waals surface area (Å²) in [5.74, 6) is 0. The summed E-state index contributed by atoms with van der Waals surface area (Å²) in [4.78, 5) is 7.19. The first kappa shape index (κ1) is 17.8. The normalized spacial score (nSPS) is 15.8. The molecular weight excluding hydrogens is 332 g/mol. The molecule has 0 amide bonds. The van der Waals surface area contributed by atoms with Crippen molar-refractivity contribution in [2.75, 3.05) is 13.1 Å². The predicted molar refractivity (Wildman–Crippen MR) is 109 cm³/mol. The molecule has 4 rings (SSSR count). The van der Waals surface area contributed by atoms with Crippen LogP contribution in [0.2, 0.25) is 0 Å². The van der Waals surface area contributed by atoms with E-state index >= 15 is 0 Å². The van der Waals surface area contributed by atoms with Crippen molar-refractivity contribution in [1.29, 1.82) is 0 Å². The first-order valence-electron chi connectivity index (χ1n) is 9.68. The van der Waals surface area contributed by atoms with Crippen molar-refractivity contribution in [1.82, 2.24) is 9.88 Å². The van der Waals surface area contributed by atoms with E-state index in [1.165, 1.54) is 11.1 Å². The number of nitrogens with zero attached hydrogens (tertiary/aromatic N) is 3. The molecule has 0 radical (unpaired) electrons. The number of nitrogens with two attached hydrogens (primary N) is 1. The van der Waals surface area contributed by atoms with Gasteiger partial charge in [-0.25, -0.2) is 4.98 Å². The molecule has 1 fully saturated rings. The summed E-state index contributed by atoms with van der Waals surface area (Å²) in [6, 6.07) is 19.7. The predicted octanol–water partition coefficient (Wildman–Crippen LogP) is 3.16. The van der Waals surface area contributed by atoms with E-state index in [0.717, 1.165) is 49.4 Å². The Morgan fingerprint density at radius 3 is 2.41 bits per heavy atom. The number of aryl methyl sites for hydroxylation is 1. The Bertz CT molecular complexity index is 882. The number of benzene rings is 2. The molecular formula is C23H27N4+. The van der Waals surface area contributed by atoms with Crippen LogP contribution in [-0.4, -0.2) is 29.0 Å². The highest BCUT2D eigenvalue weighted by molar-refractivity contribution is 5.75. The molecule has 1 aliphatic heterocycles. The highest BCUT2D eigenvalue weighted by Crippen LogP contribution is 2.27. The fraction of sp³-hybridized carbons (Fsp3) is 0.304. The highest BCUT2D eigenvalue weighted by Gasteiger charge is 2.19. The lowest BCUT2D eigenvalue weighted by Gasteiger charge is -2.30. The maximum Gasteiger partial charge on any atom is 0.238 e. The summed E-state index contributed by atoms with van der Waals surface area (Å²) in [6.07, 6.45) is 6.07. The van der Waals surface area contributed by atoms with E-state index in [2.05, 4.69) is 65.0 Å². The summed E-state index contributed by atoms with van der Waals surface area (Å²) < 4.78 is 2.14. The van der Waals surface area contributed by atoms with E-state index in [9.17, 15) is 0 Å². The van der Waals surface area contributed by atoms with Crippen molar-refractivity contribution < 1.29 is 4.57 Å². The minimum atomic E-state index is 0.380. The summed E-state index contributed by atoms with van der Waals surface area (Å²) in [6.45, 7) is 3.18. The van der Waals surface area contributed by atoms with Crippen LogP contribution in [0.4, 0.5) is 0 Å². The molecule has 2 heterocycles. The van der Waals surface area contributed by atoms with Crippen LogP contribution >= 0.6 is 0 Å². The zero-order valence-corrected chi connectivity index (χ0v) is 15.9. The Balaban J connectivity index is 1.59. The van der Waals surface area contributed by atoms with Crippen molar-refractivity contribution in [3.63, 3.8) is 0 Å². The highest BCUT2D eigenvalue weighted by atomic mass is 15.1. The number of rotatable bonds is 4. The second-order valence-electron chi connectivity index (χ2n) is 7.41. The Morgan fingerprint density at radius 2 is 1.70 bits per heavy atom. The molecule has 1 aromatic heterocycles. The molecule has 2 aromatic carbocycles. The van der Waals surface area contributed by atoms with Gasteiger partial charge in [-0.05, 0) is 43.6 Å². The van der Waals surface area contributed by atoms with Gasteiger partial charge in [-0.15, -0.1) is 0 Å². The minimum absolute atomic E-state index is 0.380. The summed E-state index contributed by atoms with van der Waals surface area (Å²) in [5, 5.41) is 0. The van der Waals surface area contributed by atoms with E-state index in [-0.39, 0.29) is 0 Å². The molecule has 0 atom stereocenters. The maximum atomic E-state index is 6.01. The smallest absolute Gasteiger partial charge is 0.238 e. The number of hydrogen-bond donors (Lipinski definition) is 1. The van der Waals surface area contributed by atoms with Crippen LogP contribution in [0.1, 0.15) is 18.4 Å². The van der Waals surface area contributed by atoms with Crippen LogP contribution in [0.15, 0.2) is 67.0 Å². The molecule has 1 saturated heterocycles. The average Bonchev–Trinajstić information content (AvgIpc) is 2.71. The zero-order valence-electron chi connectivity index (χ0n) is 15.9. The fourth-order valence-electron chi connectivity index (χ4n) is 3.80. The van der Waals surface area contributed by atoms with E-state index in [1.807, 2.05) is 18.5 Å². The lowest BCUT2D eigenvalue weighted by atomic mass is 10.0. The van der Waals surface area contributed by atoms with Gasteiger partial charge < -0.3 is 5.73 Å². The van der Waals surface area contributed by atoms with Crippen molar-refractivity contribution >= 4 is 0 Å². The number of piperidine rings is 1. The Hall–Kier alpha value is -2.56. The summed E-state index contributed by atoms with van der Waals surface area (Å²) in [5.41, 5.74) is 11.8. The van der Waals surface area contributed by atoms with Gasteiger partial charge in [0.15, 0.2) is 6.20 Å². The minimum Gasteiger partial charge on any atom is -0.328 e. The van der Waals surface area contributed by atoms with Gasteiger partial charge in [-0.3, -0.25) is 4.90 Å². The molecule has 0 unspecified atom stereocenters. The third-order valence-electron chi connectivity index (χ3n) is 5.38. The molecule has 1 aliphatic rings. The van der Waals surface area contributed by atoms with Gasteiger partial charge in [0, 0.05) is 23.7 Å². The standard InChI is InChI=1S/C23H27N4/c1-26-16-13-25-22(23(26)20-5-3-2-4-6-20)19-9-7-18(8-10-19)17-27-14-11-21(24)12-15-27/h2-10,13,16,21H,11-12,14-15,17,24H2,1H3/q+1. The van der Waals surface area contributed by atoms with Crippen molar-refractivity contribution in [2.45, 2.75) is 25.4 Å². The zero-order chi connectivity index (χ0) is 18.6. The topological polar surface area (TPSA) is 46.0 Å². The lowest BCUT2D eigenvalue weighted by Crippen LogP contribution is -2.39. The van der Waals surface area contributed by atoms with Gasteiger partial charge in [0.2, 0.25) is 5.69 Å². The number of aromatic nitrogens is 2. The van der Waals surface area contributed by atoms with Crippen molar-refractivity contribution in [3.8, 4) is 22.5 Å². The monoisotopic (exact) mass is 359 g/mol. The molecule has 4 heteroatoms. The summed E-state index contributed by atoms with van der Waals surface area (Å²) >= 11 is 0. The van der Waals surface area contributed by atoms with Gasteiger partial charge in [-0.1, -0.05) is 42.5 Å². The third kappa shape index (κ3) is 4.07. The van der Waals surface area contributed by atoms with Gasteiger partial charge in [0.1, 0.15) is 12.7 Å². The molecule has 138 valence electrons. The molecule has 2 N–H and O–H groups in total. The van der Waals surface area contributed by atoms with Crippen molar-refractivity contribution in [2.24, 2.45) is 12.8 Å². The SMILES string of the molecule is C[n+]1ccnc(-c2ccc(CN3CCC(N)CC3)cc2)c1-c1ccccc1. The van der Waals surface area contributed by atoms with Crippen molar-refractivity contribution in [3.05, 3.63) is 72.6 Å². The van der Waals surface area contributed by atoms with Crippen LogP contribution in [0, 0.1) is 0 Å². The molecule has 0 bridgehead atoms. The van der Waals surface area contributed by atoms with Crippen LogP contribution in [0.3, 0.4) is 0 Å². The van der Waals surface area contributed by atoms with Crippen LogP contribution < -0.4 is 10.3 Å². The molecule has 0 saturated carbocycles. The first-order valence-corrected chi connectivity index (χ1v) is 9.68. The van der Waals surface area contributed by atoms with Gasteiger partial charge >= 0.3 is 0 Å². The average molecular weight is 359 g/mol. The number of hydrogen-bond acceptors (Lipinski definition) is 3. The Morgan fingerprint density at radius 1 is 1.00 bits per heavy atom. The molecule has 3 aromatic rings. The largest absolute Gasteiger partial charge is 0.328 e. The van der Waals surface area contributed by atoms with Gasteiger partial charge in [0.25, 0.3) is 0 Å². The molecule has 0 aliphatic carbocycles. The number of likely N-dealkylation sites (tertiary alicyclic amines) is 1. The molecule has 27 heavy (non-hydrogen) atoms. The van der Waals surface area contributed by atoms with E-state index in [0.29, 0.717) is 6.04 Å². The Kier molecular flexibility index (Phi) is 5.28.